The van der Waals surface area contributed by atoms with Crippen molar-refractivity contribution in [3.05, 3.63) is 24.0 Å². The average molecular weight is 182 g/mol. The zero-order valence-corrected chi connectivity index (χ0v) is 7.82. The first-order valence-corrected chi connectivity index (χ1v) is 4.00. The number of hydrogen-bond donors (Lipinski definition) is 2. The van der Waals surface area contributed by atoms with E-state index in [1.807, 2.05) is 0 Å². The zero-order valence-electron chi connectivity index (χ0n) is 7.82. The topological polar surface area (TPSA) is 68.4 Å². The molecule has 1 unspecified atom stereocenters. The molecular weight excluding hydrogens is 168 g/mol. The van der Waals surface area contributed by atoms with E-state index in [0.29, 0.717) is 11.4 Å². The van der Waals surface area contributed by atoms with Gasteiger partial charge in [-0.15, -0.1) is 0 Å². The van der Waals surface area contributed by atoms with Gasteiger partial charge in [-0.3, -0.25) is 4.98 Å². The van der Waals surface area contributed by atoms with E-state index in [1.54, 1.807) is 32.4 Å². The Morgan fingerprint density at radius 3 is 2.92 bits per heavy atom. The van der Waals surface area contributed by atoms with Crippen LogP contribution in [-0.4, -0.2) is 23.8 Å². The highest BCUT2D eigenvalue weighted by Gasteiger charge is 2.21. The molecule has 1 atom stereocenters. The van der Waals surface area contributed by atoms with Crippen molar-refractivity contribution >= 4 is 0 Å². The summed E-state index contributed by atoms with van der Waals surface area (Å²) in [4.78, 5) is 4.06. The fraction of sp³-hybridized carbons (Fsp3) is 0.444. The van der Waals surface area contributed by atoms with E-state index in [-0.39, 0.29) is 6.61 Å². The molecule has 0 aliphatic heterocycles. The van der Waals surface area contributed by atoms with Crippen molar-refractivity contribution in [1.29, 1.82) is 0 Å². The molecule has 13 heavy (non-hydrogen) atoms. The van der Waals surface area contributed by atoms with Gasteiger partial charge in [-0.05, 0) is 13.0 Å². The molecule has 0 fully saturated rings. The zero-order chi connectivity index (χ0) is 9.90. The molecule has 0 spiro atoms. The van der Waals surface area contributed by atoms with Gasteiger partial charge in [0.1, 0.15) is 5.75 Å². The van der Waals surface area contributed by atoms with Gasteiger partial charge in [0.15, 0.2) is 0 Å². The second kappa shape index (κ2) is 3.72. The van der Waals surface area contributed by atoms with Gasteiger partial charge in [0.2, 0.25) is 0 Å². The summed E-state index contributed by atoms with van der Waals surface area (Å²) in [5.41, 5.74) is 5.60. The van der Waals surface area contributed by atoms with Gasteiger partial charge in [-0.25, -0.2) is 0 Å². The summed E-state index contributed by atoms with van der Waals surface area (Å²) in [6.45, 7) is 1.57. The van der Waals surface area contributed by atoms with Gasteiger partial charge in [0.25, 0.3) is 0 Å². The number of rotatable bonds is 3. The minimum Gasteiger partial charge on any atom is -0.497 e. The standard InChI is InChI=1S/C9H14N2O2/c1-9(10,6-12)8-5-7(13-2)3-4-11-8/h3-5,12H,6,10H2,1-2H3. The number of aromatic nitrogens is 1. The Labute approximate surface area is 77.4 Å². The molecule has 3 N–H and O–H groups in total. The molecule has 0 aliphatic carbocycles. The summed E-state index contributed by atoms with van der Waals surface area (Å²) in [5.74, 6) is 0.690. The molecule has 0 amide bonds. The number of aliphatic hydroxyl groups excluding tert-OH is 1. The lowest BCUT2D eigenvalue weighted by Crippen LogP contribution is -2.37. The monoisotopic (exact) mass is 182 g/mol. The number of nitrogens with two attached hydrogens (primary N) is 1. The van der Waals surface area contributed by atoms with Gasteiger partial charge in [-0.2, -0.15) is 0 Å². The van der Waals surface area contributed by atoms with Gasteiger partial charge in [0, 0.05) is 12.3 Å². The molecule has 0 bridgehead atoms. The first-order valence-electron chi connectivity index (χ1n) is 4.00. The summed E-state index contributed by atoms with van der Waals surface area (Å²) >= 11 is 0. The van der Waals surface area contributed by atoms with E-state index in [0.717, 1.165) is 0 Å². The van der Waals surface area contributed by atoms with Crippen molar-refractivity contribution in [1.82, 2.24) is 4.98 Å². The molecule has 1 heterocycles. The molecule has 4 nitrogen and oxygen atoms in total. The molecule has 0 aliphatic rings. The Morgan fingerprint density at radius 2 is 2.38 bits per heavy atom. The van der Waals surface area contributed by atoms with Crippen LogP contribution in [-0.2, 0) is 5.54 Å². The van der Waals surface area contributed by atoms with Crippen molar-refractivity contribution in [2.24, 2.45) is 5.73 Å². The molecule has 1 rings (SSSR count). The summed E-state index contributed by atoms with van der Waals surface area (Å²) in [5, 5.41) is 9.01. The Bertz CT molecular complexity index is 287. The SMILES string of the molecule is COc1ccnc(C(C)(N)CO)c1. The lowest BCUT2D eigenvalue weighted by atomic mass is 10.00. The Balaban J connectivity index is 3.01. The molecule has 72 valence electrons. The van der Waals surface area contributed by atoms with Gasteiger partial charge >= 0.3 is 0 Å². The molecule has 4 heteroatoms. The van der Waals surface area contributed by atoms with E-state index in [9.17, 15) is 0 Å². The molecule has 1 aromatic heterocycles. The third-order valence-electron chi connectivity index (χ3n) is 1.88. The molecule has 0 saturated carbocycles. The van der Waals surface area contributed by atoms with E-state index < -0.39 is 5.54 Å². The second-order valence-corrected chi connectivity index (χ2v) is 3.16. The Morgan fingerprint density at radius 1 is 1.69 bits per heavy atom. The first kappa shape index (κ1) is 9.95. The summed E-state index contributed by atoms with van der Waals surface area (Å²) < 4.78 is 5.02. The van der Waals surface area contributed by atoms with Gasteiger partial charge in [-0.1, -0.05) is 0 Å². The minimum absolute atomic E-state index is 0.146. The normalized spacial score (nSPS) is 15.1. The molecule has 0 radical (unpaired) electrons. The van der Waals surface area contributed by atoms with Crippen molar-refractivity contribution in [3.8, 4) is 5.75 Å². The molecule has 0 saturated heterocycles. The third-order valence-corrected chi connectivity index (χ3v) is 1.88. The van der Waals surface area contributed by atoms with Gasteiger partial charge < -0.3 is 15.6 Å². The van der Waals surface area contributed by atoms with Crippen LogP contribution in [0.15, 0.2) is 18.3 Å². The molecule has 1 aromatic rings. The lowest BCUT2D eigenvalue weighted by Gasteiger charge is -2.21. The highest BCUT2D eigenvalue weighted by atomic mass is 16.5. The Kier molecular flexibility index (Phi) is 2.85. The number of hydrogen-bond acceptors (Lipinski definition) is 4. The van der Waals surface area contributed by atoms with Crippen molar-refractivity contribution in [3.63, 3.8) is 0 Å². The maximum absolute atomic E-state index is 9.01. The average Bonchev–Trinajstić information content (AvgIpc) is 2.18. The summed E-state index contributed by atoms with van der Waals surface area (Å²) in [7, 11) is 1.58. The predicted molar refractivity (Wildman–Crippen MR) is 49.4 cm³/mol. The van der Waals surface area contributed by atoms with Crippen LogP contribution in [0.25, 0.3) is 0 Å². The van der Waals surface area contributed by atoms with Crippen LogP contribution in [0.5, 0.6) is 5.75 Å². The number of methoxy groups -OCH3 is 1. The maximum atomic E-state index is 9.01. The van der Waals surface area contributed by atoms with E-state index in [1.165, 1.54) is 0 Å². The Hall–Kier alpha value is -1.13. The van der Waals surface area contributed by atoms with Crippen LogP contribution in [0, 0.1) is 0 Å². The van der Waals surface area contributed by atoms with Crippen LogP contribution in [0.1, 0.15) is 12.6 Å². The fourth-order valence-electron chi connectivity index (χ4n) is 0.931. The first-order chi connectivity index (χ1) is 6.10. The third kappa shape index (κ3) is 2.17. The quantitative estimate of drug-likeness (QED) is 0.703. The summed E-state index contributed by atoms with van der Waals surface area (Å²) in [6.07, 6.45) is 1.61. The van der Waals surface area contributed by atoms with E-state index in [4.69, 9.17) is 15.6 Å². The van der Waals surface area contributed by atoms with Crippen LogP contribution in [0.3, 0.4) is 0 Å². The number of nitrogens with zero attached hydrogens (tertiary/aromatic N) is 1. The number of ether oxygens (including phenoxy) is 1. The van der Waals surface area contributed by atoms with E-state index in [2.05, 4.69) is 4.98 Å². The van der Waals surface area contributed by atoms with Crippen molar-refractivity contribution < 1.29 is 9.84 Å². The second-order valence-electron chi connectivity index (χ2n) is 3.16. The van der Waals surface area contributed by atoms with Crippen molar-refractivity contribution in [2.75, 3.05) is 13.7 Å². The lowest BCUT2D eigenvalue weighted by molar-refractivity contribution is 0.206. The number of aliphatic hydroxyl groups is 1. The maximum Gasteiger partial charge on any atom is 0.122 e. The van der Waals surface area contributed by atoms with Gasteiger partial charge in [0.05, 0.1) is 24.9 Å². The van der Waals surface area contributed by atoms with Crippen LogP contribution < -0.4 is 10.5 Å². The minimum atomic E-state index is -0.811. The molecule has 0 aromatic carbocycles. The highest BCUT2D eigenvalue weighted by molar-refractivity contribution is 5.26. The fourth-order valence-corrected chi connectivity index (χ4v) is 0.931. The van der Waals surface area contributed by atoms with Crippen LogP contribution >= 0.6 is 0 Å². The molecular formula is C9H14N2O2. The number of pyridine rings is 1. The smallest absolute Gasteiger partial charge is 0.122 e. The van der Waals surface area contributed by atoms with E-state index >= 15 is 0 Å². The predicted octanol–water partition coefficient (Wildman–Crippen LogP) is 0.256. The van der Waals surface area contributed by atoms with Crippen molar-refractivity contribution in [2.45, 2.75) is 12.5 Å². The summed E-state index contributed by atoms with van der Waals surface area (Å²) in [6, 6.07) is 3.45. The highest BCUT2D eigenvalue weighted by Crippen LogP contribution is 2.18. The van der Waals surface area contributed by atoms with Crippen LogP contribution in [0.4, 0.5) is 0 Å². The van der Waals surface area contributed by atoms with Crippen LogP contribution in [0.2, 0.25) is 0 Å². The largest absolute Gasteiger partial charge is 0.497 e.